The molecule has 0 saturated heterocycles. The third kappa shape index (κ3) is 2.21. The van der Waals surface area contributed by atoms with Crippen molar-refractivity contribution < 1.29 is 0 Å². The summed E-state index contributed by atoms with van der Waals surface area (Å²) < 4.78 is 0. The fraction of sp³-hybridized carbons (Fsp3) is 1.00. The van der Waals surface area contributed by atoms with E-state index in [1.807, 2.05) is 0 Å². The van der Waals surface area contributed by atoms with E-state index >= 15 is 0 Å². The average Bonchev–Trinajstić information content (AvgIpc) is 2.59. The van der Waals surface area contributed by atoms with Crippen molar-refractivity contribution in [1.82, 2.24) is 0 Å². The summed E-state index contributed by atoms with van der Waals surface area (Å²) in [6.45, 7) is 9.42. The highest BCUT2D eigenvalue weighted by molar-refractivity contribution is 4.97. The van der Waals surface area contributed by atoms with Crippen molar-refractivity contribution in [3.63, 3.8) is 0 Å². The molecule has 0 heteroatoms. The smallest absolute Gasteiger partial charge is 0.0297 e. The summed E-state index contributed by atoms with van der Waals surface area (Å²) in [5, 5.41) is 0. The van der Waals surface area contributed by atoms with E-state index in [0.717, 1.165) is 17.3 Å². The summed E-state index contributed by atoms with van der Waals surface area (Å²) in [6.07, 6.45) is 5.79. The molecular formula is C11H22. The third-order valence-corrected chi connectivity index (χ3v) is 3.44. The SMILES string of the molecule is CCC1(C)CC1CCC(C)C. The van der Waals surface area contributed by atoms with Crippen molar-refractivity contribution in [2.75, 3.05) is 0 Å². The van der Waals surface area contributed by atoms with Gasteiger partial charge in [0.05, 0.1) is 0 Å². The molecule has 0 amide bonds. The van der Waals surface area contributed by atoms with Gasteiger partial charge in [0.15, 0.2) is 0 Å². The largest absolute Gasteiger partial charge is 0.0649 e. The minimum atomic E-state index is 0.745. The first-order valence-corrected chi connectivity index (χ1v) is 5.08. The van der Waals surface area contributed by atoms with Crippen molar-refractivity contribution >= 4 is 0 Å². The molecule has 0 aromatic rings. The Morgan fingerprint density at radius 3 is 2.45 bits per heavy atom. The maximum Gasteiger partial charge on any atom is -0.0297 e. The summed E-state index contributed by atoms with van der Waals surface area (Å²) in [4.78, 5) is 0. The predicted octanol–water partition coefficient (Wildman–Crippen LogP) is 3.86. The predicted molar refractivity (Wildman–Crippen MR) is 50.6 cm³/mol. The van der Waals surface area contributed by atoms with Crippen LogP contribution in [0.4, 0.5) is 0 Å². The lowest BCUT2D eigenvalue weighted by molar-refractivity contribution is 0.433. The minimum Gasteiger partial charge on any atom is -0.0649 e. The van der Waals surface area contributed by atoms with Crippen LogP contribution in [0.25, 0.3) is 0 Å². The molecule has 1 rings (SSSR count). The van der Waals surface area contributed by atoms with Crippen LogP contribution in [0.15, 0.2) is 0 Å². The standard InChI is InChI=1S/C11H22/c1-5-11(4)8-10(11)7-6-9(2)3/h9-10H,5-8H2,1-4H3. The molecule has 1 fully saturated rings. The Bertz CT molecular complexity index is 126. The molecule has 11 heavy (non-hydrogen) atoms. The summed E-state index contributed by atoms with van der Waals surface area (Å²) in [6, 6.07) is 0. The van der Waals surface area contributed by atoms with Gasteiger partial charge in [0.25, 0.3) is 0 Å². The Morgan fingerprint density at radius 1 is 1.45 bits per heavy atom. The molecule has 0 aromatic heterocycles. The van der Waals surface area contributed by atoms with Crippen LogP contribution in [0, 0.1) is 17.3 Å². The van der Waals surface area contributed by atoms with E-state index in [2.05, 4.69) is 27.7 Å². The van der Waals surface area contributed by atoms with E-state index in [9.17, 15) is 0 Å². The lowest BCUT2D eigenvalue weighted by atomic mass is 9.98. The average molecular weight is 154 g/mol. The normalized spacial score (nSPS) is 36.3. The van der Waals surface area contributed by atoms with Crippen LogP contribution in [0.2, 0.25) is 0 Å². The van der Waals surface area contributed by atoms with Crippen molar-refractivity contribution in [3.8, 4) is 0 Å². The molecule has 2 atom stereocenters. The van der Waals surface area contributed by atoms with Crippen molar-refractivity contribution in [3.05, 3.63) is 0 Å². The summed E-state index contributed by atoms with van der Waals surface area (Å²) in [5.74, 6) is 1.96. The van der Waals surface area contributed by atoms with Crippen LogP contribution in [-0.4, -0.2) is 0 Å². The van der Waals surface area contributed by atoms with Gasteiger partial charge in [-0.05, 0) is 30.1 Å². The van der Waals surface area contributed by atoms with Crippen molar-refractivity contribution in [2.45, 2.75) is 53.4 Å². The highest BCUT2D eigenvalue weighted by atomic mass is 14.5. The maximum atomic E-state index is 2.44. The second kappa shape index (κ2) is 3.16. The van der Waals surface area contributed by atoms with E-state index in [0.29, 0.717) is 0 Å². The van der Waals surface area contributed by atoms with Crippen LogP contribution in [0.5, 0.6) is 0 Å². The van der Waals surface area contributed by atoms with E-state index in [4.69, 9.17) is 0 Å². The lowest BCUT2D eigenvalue weighted by Gasteiger charge is -2.08. The molecule has 1 aliphatic rings. The van der Waals surface area contributed by atoms with Gasteiger partial charge < -0.3 is 0 Å². The minimum absolute atomic E-state index is 0.745. The monoisotopic (exact) mass is 154 g/mol. The quantitative estimate of drug-likeness (QED) is 0.577. The lowest BCUT2D eigenvalue weighted by Crippen LogP contribution is -1.97. The first-order chi connectivity index (χ1) is 5.08. The summed E-state index contributed by atoms with van der Waals surface area (Å²) in [5.41, 5.74) is 0.745. The highest BCUT2D eigenvalue weighted by Gasteiger charge is 2.47. The molecular weight excluding hydrogens is 132 g/mol. The molecule has 0 nitrogen and oxygen atoms in total. The van der Waals surface area contributed by atoms with Gasteiger partial charge in [0, 0.05) is 0 Å². The first-order valence-electron chi connectivity index (χ1n) is 5.08. The zero-order valence-electron chi connectivity index (χ0n) is 8.48. The fourth-order valence-electron chi connectivity index (χ4n) is 1.92. The van der Waals surface area contributed by atoms with Crippen LogP contribution in [0.1, 0.15) is 53.4 Å². The van der Waals surface area contributed by atoms with Crippen molar-refractivity contribution in [1.29, 1.82) is 0 Å². The molecule has 0 radical (unpaired) electrons. The van der Waals surface area contributed by atoms with Crippen LogP contribution in [0.3, 0.4) is 0 Å². The molecule has 0 N–H and O–H groups in total. The van der Waals surface area contributed by atoms with Crippen LogP contribution < -0.4 is 0 Å². The van der Waals surface area contributed by atoms with E-state index in [-0.39, 0.29) is 0 Å². The zero-order valence-corrected chi connectivity index (χ0v) is 8.48. The van der Waals surface area contributed by atoms with E-state index < -0.39 is 0 Å². The van der Waals surface area contributed by atoms with Gasteiger partial charge in [-0.2, -0.15) is 0 Å². The van der Waals surface area contributed by atoms with Crippen LogP contribution >= 0.6 is 0 Å². The topological polar surface area (TPSA) is 0 Å². The summed E-state index contributed by atoms with van der Waals surface area (Å²) in [7, 11) is 0. The molecule has 0 spiro atoms. The highest BCUT2D eigenvalue weighted by Crippen LogP contribution is 2.57. The molecule has 0 heterocycles. The fourth-order valence-corrected chi connectivity index (χ4v) is 1.92. The third-order valence-electron chi connectivity index (χ3n) is 3.44. The van der Waals surface area contributed by atoms with E-state index in [1.54, 1.807) is 0 Å². The van der Waals surface area contributed by atoms with Gasteiger partial charge in [0.1, 0.15) is 0 Å². The van der Waals surface area contributed by atoms with Crippen molar-refractivity contribution in [2.24, 2.45) is 17.3 Å². The second-order valence-corrected chi connectivity index (χ2v) is 4.88. The molecule has 0 bridgehead atoms. The Balaban J connectivity index is 2.13. The molecule has 2 unspecified atom stereocenters. The summed E-state index contributed by atoms with van der Waals surface area (Å²) >= 11 is 0. The van der Waals surface area contributed by atoms with Gasteiger partial charge in [-0.3, -0.25) is 0 Å². The number of rotatable bonds is 4. The molecule has 1 aliphatic carbocycles. The van der Waals surface area contributed by atoms with Crippen LogP contribution in [-0.2, 0) is 0 Å². The molecule has 1 saturated carbocycles. The molecule has 66 valence electrons. The van der Waals surface area contributed by atoms with Gasteiger partial charge in [-0.25, -0.2) is 0 Å². The molecule has 0 aromatic carbocycles. The van der Waals surface area contributed by atoms with Gasteiger partial charge in [-0.15, -0.1) is 0 Å². The molecule has 0 aliphatic heterocycles. The Kier molecular flexibility index (Phi) is 2.61. The van der Waals surface area contributed by atoms with Gasteiger partial charge in [-0.1, -0.05) is 40.5 Å². The van der Waals surface area contributed by atoms with Gasteiger partial charge in [0.2, 0.25) is 0 Å². The zero-order chi connectivity index (χ0) is 8.48. The Hall–Kier alpha value is 0. The van der Waals surface area contributed by atoms with E-state index in [1.165, 1.54) is 25.7 Å². The second-order valence-electron chi connectivity index (χ2n) is 4.88. The Morgan fingerprint density at radius 2 is 2.09 bits per heavy atom. The first kappa shape index (κ1) is 9.09. The Labute approximate surface area is 71.4 Å². The number of hydrogen-bond donors (Lipinski definition) is 0. The van der Waals surface area contributed by atoms with Gasteiger partial charge >= 0.3 is 0 Å². The number of hydrogen-bond acceptors (Lipinski definition) is 0. The maximum absolute atomic E-state index is 2.44.